The molecule has 3 N–H and O–H groups in total. The van der Waals surface area contributed by atoms with Gasteiger partial charge in [-0.05, 0) is 42.6 Å². The average molecular weight is 241 g/mol. The zero-order chi connectivity index (χ0) is 12.8. The van der Waals surface area contributed by atoms with Crippen LogP contribution >= 0.6 is 0 Å². The van der Waals surface area contributed by atoms with Crippen LogP contribution in [0.4, 0.5) is 5.82 Å². The molecule has 94 valence electrons. The Bertz CT molecular complexity index is 491. The lowest BCUT2D eigenvalue weighted by atomic mass is 10.1. The van der Waals surface area contributed by atoms with Crippen molar-refractivity contribution < 1.29 is 0 Å². The molecular weight excluding hydrogens is 222 g/mol. The zero-order valence-corrected chi connectivity index (χ0v) is 10.7. The van der Waals surface area contributed by atoms with Crippen LogP contribution in [0.25, 0.3) is 0 Å². The number of hydrogen-bond acceptors (Lipinski definition) is 3. The fourth-order valence-corrected chi connectivity index (χ4v) is 1.85. The number of nitrogens with zero attached hydrogens (tertiary/aromatic N) is 1. The van der Waals surface area contributed by atoms with E-state index in [9.17, 15) is 0 Å². The van der Waals surface area contributed by atoms with Crippen molar-refractivity contribution >= 4 is 5.82 Å². The first-order valence-corrected chi connectivity index (χ1v) is 6.23. The molecule has 2 rings (SSSR count). The van der Waals surface area contributed by atoms with E-state index in [2.05, 4.69) is 47.6 Å². The molecule has 1 aromatic carbocycles. The van der Waals surface area contributed by atoms with Gasteiger partial charge in [0.25, 0.3) is 0 Å². The smallest absolute Gasteiger partial charge is 0.129 e. The van der Waals surface area contributed by atoms with Crippen molar-refractivity contribution in [3.63, 3.8) is 0 Å². The summed E-state index contributed by atoms with van der Waals surface area (Å²) in [7, 11) is 0. The van der Waals surface area contributed by atoms with E-state index in [0.29, 0.717) is 6.54 Å². The fourth-order valence-electron chi connectivity index (χ4n) is 1.85. The summed E-state index contributed by atoms with van der Waals surface area (Å²) in [6.07, 6.45) is 2.74. The second-order valence-corrected chi connectivity index (χ2v) is 4.38. The second kappa shape index (κ2) is 6.17. The summed E-state index contributed by atoms with van der Waals surface area (Å²) in [4.78, 5) is 4.31. The maximum Gasteiger partial charge on any atom is 0.129 e. The molecule has 1 aromatic heterocycles. The molecule has 0 fully saturated rings. The molecule has 3 nitrogen and oxygen atoms in total. The van der Waals surface area contributed by atoms with Gasteiger partial charge in [0.1, 0.15) is 5.82 Å². The van der Waals surface area contributed by atoms with E-state index in [4.69, 9.17) is 5.73 Å². The quantitative estimate of drug-likeness (QED) is 0.845. The maximum atomic E-state index is 5.53. The van der Waals surface area contributed by atoms with Gasteiger partial charge in [-0.3, -0.25) is 0 Å². The van der Waals surface area contributed by atoms with E-state index in [1.54, 1.807) is 6.20 Å². The summed E-state index contributed by atoms with van der Waals surface area (Å²) in [5.74, 6) is 0.948. The van der Waals surface area contributed by atoms with Crippen LogP contribution in [0.15, 0.2) is 42.6 Å². The molecular formula is C15H19N3. The third-order valence-corrected chi connectivity index (χ3v) is 2.93. The highest BCUT2D eigenvalue weighted by Gasteiger charge is 1.98. The third-order valence-electron chi connectivity index (χ3n) is 2.93. The Morgan fingerprint density at radius 2 is 1.83 bits per heavy atom. The molecule has 3 heteroatoms. The van der Waals surface area contributed by atoms with E-state index >= 15 is 0 Å². The van der Waals surface area contributed by atoms with Crippen LogP contribution in [0.3, 0.4) is 0 Å². The minimum absolute atomic E-state index is 0.699. The Hall–Kier alpha value is -1.87. The van der Waals surface area contributed by atoms with Crippen LogP contribution in [-0.4, -0.2) is 11.5 Å². The van der Waals surface area contributed by atoms with Crippen molar-refractivity contribution in [3.8, 4) is 0 Å². The van der Waals surface area contributed by atoms with E-state index < -0.39 is 0 Å². The first-order chi connectivity index (χ1) is 8.79. The van der Waals surface area contributed by atoms with Crippen LogP contribution in [0.5, 0.6) is 0 Å². The van der Waals surface area contributed by atoms with Gasteiger partial charge in [-0.1, -0.05) is 30.3 Å². The molecule has 0 saturated carbocycles. The number of hydrogen-bond donors (Lipinski definition) is 2. The summed E-state index contributed by atoms with van der Waals surface area (Å²) in [5, 5.41) is 3.34. The van der Waals surface area contributed by atoms with Crippen LogP contribution in [0, 0.1) is 6.92 Å². The Morgan fingerprint density at radius 1 is 1.11 bits per heavy atom. The number of nitrogens with two attached hydrogens (primary N) is 1. The monoisotopic (exact) mass is 241 g/mol. The highest BCUT2D eigenvalue weighted by atomic mass is 15.0. The Morgan fingerprint density at radius 3 is 2.50 bits per heavy atom. The van der Waals surface area contributed by atoms with Crippen LogP contribution in [-0.2, 0) is 13.0 Å². The molecule has 0 atom stereocenters. The van der Waals surface area contributed by atoms with Crippen molar-refractivity contribution in [2.24, 2.45) is 5.73 Å². The Labute approximate surface area is 108 Å². The number of anilines is 1. The Kier molecular flexibility index (Phi) is 4.31. The highest BCUT2D eigenvalue weighted by Crippen LogP contribution is 2.11. The molecule has 0 aliphatic heterocycles. The molecule has 1 heterocycles. The van der Waals surface area contributed by atoms with Crippen LogP contribution < -0.4 is 11.1 Å². The second-order valence-electron chi connectivity index (χ2n) is 4.38. The number of aromatic nitrogens is 1. The third kappa shape index (κ3) is 3.31. The molecule has 0 aliphatic rings. The molecule has 0 bridgehead atoms. The predicted octanol–water partition coefficient (Wildman–Crippen LogP) is 2.50. The summed E-state index contributed by atoms with van der Waals surface area (Å²) in [6.45, 7) is 3.55. The minimum atomic E-state index is 0.699. The van der Waals surface area contributed by atoms with Gasteiger partial charge in [-0.25, -0.2) is 4.98 Å². The largest absolute Gasteiger partial charge is 0.366 e. The van der Waals surface area contributed by atoms with E-state index in [0.717, 1.165) is 24.3 Å². The molecule has 0 radical (unpaired) electrons. The standard InChI is InChI=1S/C15H19N3/c1-12-3-2-10-17-15(12)18-11-14-6-4-13(5-7-14)8-9-16/h2-7,10H,8-9,11,16H2,1H3,(H,17,18). The molecule has 18 heavy (non-hydrogen) atoms. The molecule has 0 spiro atoms. The van der Waals surface area contributed by atoms with Crippen molar-refractivity contribution in [2.45, 2.75) is 19.9 Å². The lowest BCUT2D eigenvalue weighted by molar-refractivity contribution is 0.965. The van der Waals surface area contributed by atoms with E-state index in [-0.39, 0.29) is 0 Å². The van der Waals surface area contributed by atoms with Crippen molar-refractivity contribution in [1.82, 2.24) is 4.98 Å². The van der Waals surface area contributed by atoms with Crippen LogP contribution in [0.1, 0.15) is 16.7 Å². The van der Waals surface area contributed by atoms with E-state index in [1.807, 2.05) is 6.07 Å². The summed E-state index contributed by atoms with van der Waals surface area (Å²) < 4.78 is 0. The average Bonchev–Trinajstić information content (AvgIpc) is 2.40. The van der Waals surface area contributed by atoms with Gasteiger partial charge in [-0.15, -0.1) is 0 Å². The minimum Gasteiger partial charge on any atom is -0.366 e. The van der Waals surface area contributed by atoms with Gasteiger partial charge in [0.05, 0.1) is 0 Å². The number of pyridine rings is 1. The Balaban J connectivity index is 1.96. The van der Waals surface area contributed by atoms with Gasteiger partial charge in [-0.2, -0.15) is 0 Å². The van der Waals surface area contributed by atoms with Gasteiger partial charge in [0.15, 0.2) is 0 Å². The molecule has 0 amide bonds. The molecule has 0 aliphatic carbocycles. The fraction of sp³-hybridized carbons (Fsp3) is 0.267. The number of benzene rings is 1. The maximum absolute atomic E-state index is 5.53. The first-order valence-electron chi connectivity index (χ1n) is 6.23. The van der Waals surface area contributed by atoms with Gasteiger partial charge >= 0.3 is 0 Å². The van der Waals surface area contributed by atoms with E-state index in [1.165, 1.54) is 11.1 Å². The molecule has 0 unspecified atom stereocenters. The van der Waals surface area contributed by atoms with Gasteiger partial charge < -0.3 is 11.1 Å². The molecule has 0 saturated heterocycles. The molecule has 2 aromatic rings. The van der Waals surface area contributed by atoms with Crippen LogP contribution in [0.2, 0.25) is 0 Å². The zero-order valence-electron chi connectivity index (χ0n) is 10.7. The summed E-state index contributed by atoms with van der Waals surface area (Å²) in [6, 6.07) is 12.5. The topological polar surface area (TPSA) is 50.9 Å². The van der Waals surface area contributed by atoms with Crippen molar-refractivity contribution in [1.29, 1.82) is 0 Å². The predicted molar refractivity (Wildman–Crippen MR) is 75.5 cm³/mol. The highest BCUT2D eigenvalue weighted by molar-refractivity contribution is 5.43. The number of rotatable bonds is 5. The van der Waals surface area contributed by atoms with Gasteiger partial charge in [0, 0.05) is 12.7 Å². The first kappa shape index (κ1) is 12.6. The number of nitrogens with one attached hydrogen (secondary N) is 1. The van der Waals surface area contributed by atoms with Crippen molar-refractivity contribution in [3.05, 3.63) is 59.3 Å². The van der Waals surface area contributed by atoms with Crippen molar-refractivity contribution in [2.75, 3.05) is 11.9 Å². The number of aryl methyl sites for hydroxylation is 1. The summed E-state index contributed by atoms with van der Waals surface area (Å²) in [5.41, 5.74) is 9.23. The summed E-state index contributed by atoms with van der Waals surface area (Å²) >= 11 is 0. The lowest BCUT2D eigenvalue weighted by Crippen LogP contribution is -2.04. The van der Waals surface area contributed by atoms with Gasteiger partial charge in [0.2, 0.25) is 0 Å². The SMILES string of the molecule is Cc1cccnc1NCc1ccc(CCN)cc1. The normalized spacial score (nSPS) is 10.3. The lowest BCUT2D eigenvalue weighted by Gasteiger charge is -2.08.